The summed E-state index contributed by atoms with van der Waals surface area (Å²) in [6.07, 6.45) is 6.50. The zero-order valence-electron chi connectivity index (χ0n) is 11.3. The number of aromatic nitrogens is 3. The Kier molecular flexibility index (Phi) is 4.41. The first-order valence-corrected chi connectivity index (χ1v) is 7.65. The van der Waals surface area contributed by atoms with Crippen LogP contribution in [0.3, 0.4) is 0 Å². The molecule has 5 nitrogen and oxygen atoms in total. The lowest BCUT2D eigenvalue weighted by Crippen LogP contribution is -2.16. The van der Waals surface area contributed by atoms with E-state index >= 15 is 0 Å². The molecule has 0 saturated heterocycles. The highest BCUT2D eigenvalue weighted by Gasteiger charge is 2.15. The molecule has 2 N–H and O–H groups in total. The van der Waals surface area contributed by atoms with Crippen molar-refractivity contribution in [3.05, 3.63) is 34.4 Å². The molecule has 1 aromatic heterocycles. The highest BCUT2D eigenvalue weighted by molar-refractivity contribution is 6.43. The molecule has 1 saturated carbocycles. The van der Waals surface area contributed by atoms with Crippen LogP contribution in [0, 0.1) is 0 Å². The predicted molar refractivity (Wildman–Crippen MR) is 85.5 cm³/mol. The van der Waals surface area contributed by atoms with Crippen molar-refractivity contribution in [2.45, 2.75) is 31.7 Å². The van der Waals surface area contributed by atoms with Crippen LogP contribution in [0.4, 0.5) is 17.5 Å². The number of anilines is 3. The van der Waals surface area contributed by atoms with E-state index in [2.05, 4.69) is 25.8 Å². The molecule has 0 amide bonds. The van der Waals surface area contributed by atoms with Crippen molar-refractivity contribution in [2.75, 3.05) is 10.6 Å². The number of hydrogen-bond donors (Lipinski definition) is 2. The number of halogens is 2. The van der Waals surface area contributed by atoms with E-state index in [-0.39, 0.29) is 0 Å². The summed E-state index contributed by atoms with van der Waals surface area (Å²) in [5.41, 5.74) is 0.656. The minimum atomic E-state index is 0.391. The fourth-order valence-electron chi connectivity index (χ4n) is 2.43. The Morgan fingerprint density at radius 2 is 1.95 bits per heavy atom. The lowest BCUT2D eigenvalue weighted by atomic mass is 10.2. The smallest absolute Gasteiger partial charge is 0.249 e. The number of nitrogens with zero attached hydrogens (tertiary/aromatic N) is 3. The molecule has 0 aliphatic heterocycles. The van der Waals surface area contributed by atoms with Crippen molar-refractivity contribution in [1.29, 1.82) is 0 Å². The molecule has 1 fully saturated rings. The average molecular weight is 324 g/mol. The number of hydrogen-bond acceptors (Lipinski definition) is 5. The fourth-order valence-corrected chi connectivity index (χ4v) is 2.77. The summed E-state index contributed by atoms with van der Waals surface area (Å²) in [4.78, 5) is 4.40. The van der Waals surface area contributed by atoms with Crippen LogP contribution < -0.4 is 10.6 Å². The van der Waals surface area contributed by atoms with Gasteiger partial charge >= 0.3 is 0 Å². The first-order valence-electron chi connectivity index (χ1n) is 6.89. The Morgan fingerprint density at radius 3 is 2.76 bits per heavy atom. The summed E-state index contributed by atoms with van der Waals surface area (Å²) >= 11 is 12.1. The summed E-state index contributed by atoms with van der Waals surface area (Å²) < 4.78 is 0. The molecule has 0 atom stereocenters. The van der Waals surface area contributed by atoms with Gasteiger partial charge in [0, 0.05) is 6.04 Å². The maximum absolute atomic E-state index is 6.13. The predicted octanol–water partition coefficient (Wildman–Crippen LogP) is 4.28. The van der Waals surface area contributed by atoms with Gasteiger partial charge in [-0.25, -0.2) is 0 Å². The molecule has 110 valence electrons. The highest BCUT2D eigenvalue weighted by Crippen LogP contribution is 2.31. The number of benzene rings is 1. The Balaban J connectivity index is 1.74. The third-order valence-electron chi connectivity index (χ3n) is 3.46. The molecule has 1 aliphatic carbocycles. The molecular weight excluding hydrogens is 309 g/mol. The van der Waals surface area contributed by atoms with Crippen LogP contribution >= 0.6 is 23.2 Å². The van der Waals surface area contributed by atoms with Crippen LogP contribution in [0.15, 0.2) is 24.4 Å². The van der Waals surface area contributed by atoms with Crippen molar-refractivity contribution in [1.82, 2.24) is 15.2 Å². The summed E-state index contributed by atoms with van der Waals surface area (Å²) in [6.45, 7) is 0. The fraction of sp³-hybridized carbons (Fsp3) is 0.357. The second-order valence-electron chi connectivity index (χ2n) is 5.02. The SMILES string of the molecule is Clc1cccc(Nc2nncc(NC3CCCC3)n2)c1Cl. The number of nitrogens with one attached hydrogen (secondary N) is 2. The average Bonchev–Trinajstić information content (AvgIpc) is 2.97. The van der Waals surface area contributed by atoms with E-state index < -0.39 is 0 Å². The van der Waals surface area contributed by atoms with Crippen molar-refractivity contribution in [3.8, 4) is 0 Å². The molecule has 0 unspecified atom stereocenters. The standard InChI is InChI=1S/C14H15Cl2N5/c15-10-6-3-7-11(13(10)16)19-14-20-12(8-17-21-14)18-9-4-1-2-5-9/h3,6-9H,1-2,4-5H2,(H2,18,19,20,21). The minimum Gasteiger partial charge on any atom is -0.366 e. The second-order valence-corrected chi connectivity index (χ2v) is 5.80. The van der Waals surface area contributed by atoms with Gasteiger partial charge in [-0.1, -0.05) is 42.1 Å². The maximum Gasteiger partial charge on any atom is 0.249 e. The Morgan fingerprint density at radius 1 is 1.14 bits per heavy atom. The van der Waals surface area contributed by atoms with Crippen molar-refractivity contribution >= 4 is 40.7 Å². The summed E-state index contributed by atoms with van der Waals surface area (Å²) in [5, 5.41) is 15.3. The lowest BCUT2D eigenvalue weighted by molar-refractivity contribution is 0.747. The molecule has 0 radical (unpaired) electrons. The lowest BCUT2D eigenvalue weighted by Gasteiger charge is -2.13. The van der Waals surface area contributed by atoms with Crippen LogP contribution in [0.1, 0.15) is 25.7 Å². The van der Waals surface area contributed by atoms with Gasteiger partial charge in [0.2, 0.25) is 5.95 Å². The maximum atomic E-state index is 6.13. The van der Waals surface area contributed by atoms with Crippen molar-refractivity contribution in [3.63, 3.8) is 0 Å². The largest absolute Gasteiger partial charge is 0.366 e. The van der Waals surface area contributed by atoms with Gasteiger partial charge in [-0.05, 0) is 25.0 Å². The third kappa shape index (κ3) is 3.54. The van der Waals surface area contributed by atoms with Gasteiger partial charge in [0.05, 0.1) is 21.9 Å². The normalized spacial score (nSPS) is 15.1. The molecule has 1 aromatic carbocycles. The van der Waals surface area contributed by atoms with Crippen molar-refractivity contribution < 1.29 is 0 Å². The summed E-state index contributed by atoms with van der Waals surface area (Å²) in [6, 6.07) is 5.83. The van der Waals surface area contributed by atoms with Crippen LogP contribution in [-0.2, 0) is 0 Å². The quantitative estimate of drug-likeness (QED) is 0.879. The molecule has 2 aromatic rings. The Bertz CT molecular complexity index is 629. The second kappa shape index (κ2) is 6.45. The van der Waals surface area contributed by atoms with Gasteiger partial charge in [-0.3, -0.25) is 0 Å². The molecule has 21 heavy (non-hydrogen) atoms. The van der Waals surface area contributed by atoms with E-state index in [0.717, 1.165) is 5.82 Å². The Labute approximate surface area is 133 Å². The van der Waals surface area contributed by atoms with E-state index in [1.807, 2.05) is 12.1 Å². The van der Waals surface area contributed by atoms with Gasteiger partial charge in [0.1, 0.15) is 0 Å². The van der Waals surface area contributed by atoms with Crippen LogP contribution in [0.2, 0.25) is 10.0 Å². The van der Waals surface area contributed by atoms with E-state index in [0.29, 0.717) is 27.7 Å². The minimum absolute atomic E-state index is 0.391. The van der Waals surface area contributed by atoms with E-state index in [9.17, 15) is 0 Å². The molecule has 1 aliphatic rings. The van der Waals surface area contributed by atoms with Crippen molar-refractivity contribution in [2.24, 2.45) is 0 Å². The first kappa shape index (κ1) is 14.4. The van der Waals surface area contributed by atoms with Gasteiger partial charge in [-0.2, -0.15) is 10.1 Å². The summed E-state index contributed by atoms with van der Waals surface area (Å²) in [5.74, 6) is 1.11. The molecule has 0 spiro atoms. The first-order chi connectivity index (χ1) is 10.2. The highest BCUT2D eigenvalue weighted by atomic mass is 35.5. The number of rotatable bonds is 4. The van der Waals surface area contributed by atoms with Gasteiger partial charge in [0.25, 0.3) is 0 Å². The van der Waals surface area contributed by atoms with Crippen LogP contribution in [0.5, 0.6) is 0 Å². The van der Waals surface area contributed by atoms with Crippen LogP contribution in [-0.4, -0.2) is 21.2 Å². The summed E-state index contributed by atoms with van der Waals surface area (Å²) in [7, 11) is 0. The molecule has 0 bridgehead atoms. The topological polar surface area (TPSA) is 62.7 Å². The van der Waals surface area contributed by atoms with E-state index in [4.69, 9.17) is 23.2 Å². The van der Waals surface area contributed by atoms with Gasteiger partial charge < -0.3 is 10.6 Å². The Hall–Kier alpha value is -1.59. The molecule has 3 rings (SSSR count). The van der Waals surface area contributed by atoms with Crippen LogP contribution in [0.25, 0.3) is 0 Å². The van der Waals surface area contributed by atoms with Gasteiger partial charge in [0.15, 0.2) is 5.82 Å². The molecular formula is C14H15Cl2N5. The van der Waals surface area contributed by atoms with Gasteiger partial charge in [-0.15, -0.1) is 5.10 Å². The molecule has 1 heterocycles. The zero-order valence-corrected chi connectivity index (χ0v) is 12.8. The molecule has 7 heteroatoms. The monoisotopic (exact) mass is 323 g/mol. The zero-order chi connectivity index (χ0) is 14.7. The van der Waals surface area contributed by atoms with E-state index in [1.54, 1.807) is 12.3 Å². The third-order valence-corrected chi connectivity index (χ3v) is 4.28. The van der Waals surface area contributed by atoms with E-state index in [1.165, 1.54) is 25.7 Å².